The maximum Gasteiger partial charge on any atom is 0.0743 e. The lowest BCUT2D eigenvalue weighted by atomic mass is 10.1. The Morgan fingerprint density at radius 3 is 2.84 bits per heavy atom. The Bertz CT molecular complexity index is 648. The molecule has 94 valence electrons. The highest BCUT2D eigenvalue weighted by atomic mass is 14.8. The maximum absolute atomic E-state index is 5.19. The molecule has 19 heavy (non-hydrogen) atoms. The molecule has 2 heteroatoms. The molecule has 1 N–H and O–H groups in total. The fraction of sp³-hybridized carbons (Fsp3) is 0.235. The largest absolute Gasteiger partial charge is 0.346 e. The van der Waals surface area contributed by atoms with Crippen molar-refractivity contribution in [2.45, 2.75) is 19.8 Å². The summed E-state index contributed by atoms with van der Waals surface area (Å²) in [5.41, 5.74) is 7.59. The van der Waals surface area contributed by atoms with E-state index < -0.39 is 0 Å². The van der Waals surface area contributed by atoms with Gasteiger partial charge < -0.3 is 5.32 Å². The molecule has 1 aliphatic rings. The molecule has 2 nitrogen and oxygen atoms in total. The molecule has 3 rings (SSSR count). The van der Waals surface area contributed by atoms with E-state index >= 15 is 0 Å². The van der Waals surface area contributed by atoms with Crippen molar-refractivity contribution >= 4 is 0 Å². The quantitative estimate of drug-likeness (QED) is 0.436. The number of hydrogen-bond donors (Lipinski definition) is 1. The summed E-state index contributed by atoms with van der Waals surface area (Å²) in [6.45, 7) is 2.88. The van der Waals surface area contributed by atoms with Gasteiger partial charge in [-0.25, -0.2) is 0 Å². The fourth-order valence-electron chi connectivity index (χ4n) is 2.31. The van der Waals surface area contributed by atoms with Gasteiger partial charge in [-0.1, -0.05) is 36.3 Å². The zero-order valence-electron chi connectivity index (χ0n) is 11.0. The van der Waals surface area contributed by atoms with E-state index in [1.807, 2.05) is 0 Å². The lowest BCUT2D eigenvalue weighted by molar-refractivity contribution is 0.833. The van der Waals surface area contributed by atoms with E-state index in [2.05, 4.69) is 48.6 Å². The van der Waals surface area contributed by atoms with E-state index in [1.54, 1.807) is 0 Å². The molecule has 0 bridgehead atoms. The Morgan fingerprint density at radius 2 is 2.11 bits per heavy atom. The summed E-state index contributed by atoms with van der Waals surface area (Å²) in [7, 11) is 0. The van der Waals surface area contributed by atoms with Crippen molar-refractivity contribution in [1.82, 2.24) is 10.3 Å². The molecule has 2 aromatic rings. The van der Waals surface area contributed by atoms with Gasteiger partial charge >= 0.3 is 0 Å². The Morgan fingerprint density at radius 1 is 1.32 bits per heavy atom. The van der Waals surface area contributed by atoms with Crippen molar-refractivity contribution in [1.29, 1.82) is 0 Å². The van der Waals surface area contributed by atoms with Crippen molar-refractivity contribution in [2.24, 2.45) is 0 Å². The topological polar surface area (TPSA) is 24.9 Å². The van der Waals surface area contributed by atoms with Crippen LogP contribution in [0.15, 0.2) is 30.3 Å². The van der Waals surface area contributed by atoms with Crippen molar-refractivity contribution in [2.75, 3.05) is 6.54 Å². The summed E-state index contributed by atoms with van der Waals surface area (Å²) < 4.78 is 0. The molecule has 1 aromatic carbocycles. The number of aryl methyl sites for hydroxylation is 1. The second-order valence-corrected chi connectivity index (χ2v) is 4.96. The highest BCUT2D eigenvalue weighted by molar-refractivity contribution is 5.71. The summed E-state index contributed by atoms with van der Waals surface area (Å²) >= 11 is 0. The molecule has 1 heterocycles. The third kappa shape index (κ3) is 2.46. The van der Waals surface area contributed by atoms with Gasteiger partial charge in [0, 0.05) is 36.7 Å². The first kappa shape index (κ1) is 11.8. The predicted octanol–water partition coefficient (Wildman–Crippen LogP) is 2.68. The number of fused-ring (bicyclic) bond motifs is 1. The molecule has 1 aliphatic carbocycles. The zero-order valence-corrected chi connectivity index (χ0v) is 11.0. The van der Waals surface area contributed by atoms with Crippen LogP contribution in [-0.2, 0) is 12.8 Å². The number of rotatable bonds is 4. The van der Waals surface area contributed by atoms with Crippen LogP contribution in [0.3, 0.4) is 0 Å². The molecular formula is C17H16N2. The van der Waals surface area contributed by atoms with Gasteiger partial charge in [-0.05, 0) is 24.1 Å². The minimum absolute atomic E-state index is 0.773. The SMILES string of the molecule is C#CNCCc1cc2c(c(-c3ccc(C)cc3)n1)C2. The summed E-state index contributed by atoms with van der Waals surface area (Å²) in [6.07, 6.45) is 7.14. The van der Waals surface area contributed by atoms with E-state index in [1.165, 1.54) is 22.3 Å². The van der Waals surface area contributed by atoms with Crippen LogP contribution in [0.2, 0.25) is 0 Å². The Kier molecular flexibility index (Phi) is 2.97. The molecule has 0 atom stereocenters. The first-order valence-corrected chi connectivity index (χ1v) is 6.55. The lowest BCUT2D eigenvalue weighted by Crippen LogP contribution is -2.10. The smallest absolute Gasteiger partial charge is 0.0743 e. The van der Waals surface area contributed by atoms with E-state index in [0.717, 1.165) is 30.8 Å². The van der Waals surface area contributed by atoms with Gasteiger partial charge in [-0.15, -0.1) is 0 Å². The third-order valence-electron chi connectivity index (χ3n) is 3.45. The fourth-order valence-corrected chi connectivity index (χ4v) is 2.31. The number of nitrogens with zero attached hydrogens (tertiary/aromatic N) is 1. The van der Waals surface area contributed by atoms with Crippen LogP contribution >= 0.6 is 0 Å². The molecule has 0 unspecified atom stereocenters. The number of terminal acetylenes is 1. The molecule has 0 aliphatic heterocycles. The average Bonchev–Trinajstić information content (AvgIpc) is 3.18. The highest BCUT2D eigenvalue weighted by Crippen LogP contribution is 2.37. The van der Waals surface area contributed by atoms with Gasteiger partial charge in [0.25, 0.3) is 0 Å². The van der Waals surface area contributed by atoms with Crippen molar-refractivity contribution in [3.63, 3.8) is 0 Å². The number of nitrogens with one attached hydrogen (secondary N) is 1. The number of pyridine rings is 1. The van der Waals surface area contributed by atoms with Gasteiger partial charge in [0.1, 0.15) is 0 Å². The third-order valence-corrected chi connectivity index (χ3v) is 3.45. The Hall–Kier alpha value is -2.27. The summed E-state index contributed by atoms with van der Waals surface area (Å²) in [5.74, 6) is 0. The van der Waals surface area contributed by atoms with Crippen LogP contribution < -0.4 is 5.32 Å². The normalized spacial score (nSPS) is 11.6. The highest BCUT2D eigenvalue weighted by Gasteiger charge is 2.24. The Labute approximate surface area is 113 Å². The minimum atomic E-state index is 0.773. The number of hydrogen-bond acceptors (Lipinski definition) is 2. The molecule has 0 radical (unpaired) electrons. The molecule has 0 saturated heterocycles. The van der Waals surface area contributed by atoms with Crippen molar-refractivity contribution in [3.8, 4) is 23.7 Å². The number of aromatic nitrogens is 1. The van der Waals surface area contributed by atoms with Gasteiger partial charge in [-0.2, -0.15) is 0 Å². The zero-order chi connectivity index (χ0) is 13.2. The second kappa shape index (κ2) is 4.78. The van der Waals surface area contributed by atoms with Crippen LogP contribution in [-0.4, -0.2) is 11.5 Å². The minimum Gasteiger partial charge on any atom is -0.346 e. The summed E-state index contributed by atoms with van der Waals surface area (Å²) in [6, 6.07) is 13.2. The van der Waals surface area contributed by atoms with E-state index in [9.17, 15) is 0 Å². The Balaban J connectivity index is 1.89. The van der Waals surface area contributed by atoms with E-state index in [-0.39, 0.29) is 0 Å². The monoisotopic (exact) mass is 248 g/mol. The number of benzene rings is 1. The van der Waals surface area contributed by atoms with Crippen molar-refractivity contribution < 1.29 is 0 Å². The molecule has 1 aromatic heterocycles. The molecule has 0 amide bonds. The van der Waals surface area contributed by atoms with Crippen LogP contribution in [0, 0.1) is 19.4 Å². The predicted molar refractivity (Wildman–Crippen MR) is 77.8 cm³/mol. The van der Waals surface area contributed by atoms with Gasteiger partial charge in [-0.3, -0.25) is 4.98 Å². The first-order chi connectivity index (χ1) is 9.28. The second-order valence-electron chi connectivity index (χ2n) is 4.96. The van der Waals surface area contributed by atoms with Crippen LogP contribution in [0.1, 0.15) is 22.4 Å². The van der Waals surface area contributed by atoms with Gasteiger partial charge in [0.2, 0.25) is 0 Å². The average molecular weight is 248 g/mol. The van der Waals surface area contributed by atoms with Gasteiger partial charge in [0.05, 0.1) is 5.69 Å². The summed E-state index contributed by atoms with van der Waals surface area (Å²) in [4.78, 5) is 4.79. The van der Waals surface area contributed by atoms with Crippen LogP contribution in [0.5, 0.6) is 0 Å². The summed E-state index contributed by atoms with van der Waals surface area (Å²) in [5, 5.41) is 2.89. The molecule has 0 saturated carbocycles. The molecular weight excluding hydrogens is 232 g/mol. The standard InChI is InChI=1S/C17H16N2/c1-3-18-9-8-15-10-14-11-16(14)17(19-15)13-6-4-12(2)5-7-13/h1,4-7,10,18H,8-9,11H2,2H3. The van der Waals surface area contributed by atoms with Crippen LogP contribution in [0.25, 0.3) is 11.3 Å². The van der Waals surface area contributed by atoms with Crippen molar-refractivity contribution in [3.05, 3.63) is 52.7 Å². The van der Waals surface area contributed by atoms with Crippen LogP contribution in [0.4, 0.5) is 0 Å². The molecule has 0 spiro atoms. The maximum atomic E-state index is 5.19. The first-order valence-electron chi connectivity index (χ1n) is 6.55. The van der Waals surface area contributed by atoms with E-state index in [4.69, 9.17) is 11.4 Å². The molecule has 0 fully saturated rings. The van der Waals surface area contributed by atoms with E-state index in [0.29, 0.717) is 0 Å². The lowest BCUT2D eigenvalue weighted by Gasteiger charge is -2.05. The van der Waals surface area contributed by atoms with Gasteiger partial charge in [0.15, 0.2) is 0 Å².